The molecule has 0 aliphatic rings. The summed E-state index contributed by atoms with van der Waals surface area (Å²) < 4.78 is 5.08. The molecule has 3 heteroatoms. The third kappa shape index (κ3) is 3.18. The molecule has 0 aromatic heterocycles. The molecule has 0 aliphatic heterocycles. The molecule has 0 spiro atoms. The summed E-state index contributed by atoms with van der Waals surface area (Å²) in [6.45, 7) is -0.611. The zero-order valence-electron chi connectivity index (χ0n) is 9.87. The van der Waals surface area contributed by atoms with E-state index in [1.165, 1.54) is 0 Å². The molecule has 0 saturated carbocycles. The smallest absolute Gasteiger partial charge is 0.337 e. The van der Waals surface area contributed by atoms with Gasteiger partial charge in [-0.1, -0.05) is 48.5 Å². The fourth-order valence-corrected chi connectivity index (χ4v) is 1.72. The van der Waals surface area contributed by atoms with E-state index in [0.29, 0.717) is 12.2 Å². The largest absolute Gasteiger partial charge is 0.425 e. The maximum atomic E-state index is 11.1. The Kier molecular flexibility index (Phi) is 4.10. The lowest BCUT2D eigenvalue weighted by atomic mass is 10.0. The van der Waals surface area contributed by atoms with Crippen LogP contribution in [0.2, 0.25) is 0 Å². The molecule has 1 N–H and O–H groups in total. The molecule has 2 rings (SSSR count). The molecule has 0 saturated heterocycles. The number of carbonyl (C=O) groups excluding carboxylic acids is 1. The molecule has 0 aliphatic carbocycles. The van der Waals surface area contributed by atoms with Gasteiger partial charge in [0.15, 0.2) is 0 Å². The second kappa shape index (κ2) is 5.98. The molecule has 2 aromatic carbocycles. The summed E-state index contributed by atoms with van der Waals surface area (Å²) in [5.74, 6) is -0.143. The van der Waals surface area contributed by atoms with Crippen molar-refractivity contribution in [2.45, 2.75) is 6.42 Å². The molecule has 0 bridgehead atoms. The molecular formula is C15H14O3. The lowest BCUT2D eigenvalue weighted by molar-refractivity contribution is -0.137. The Morgan fingerprint density at radius 2 is 1.67 bits per heavy atom. The van der Waals surface area contributed by atoms with Crippen LogP contribution in [-0.4, -0.2) is 17.7 Å². The summed E-state index contributed by atoms with van der Waals surface area (Å²) >= 11 is 0. The first-order valence-corrected chi connectivity index (χ1v) is 5.73. The van der Waals surface area contributed by atoms with Gasteiger partial charge in [-0.3, -0.25) is 0 Å². The first kappa shape index (κ1) is 12.3. The van der Waals surface area contributed by atoms with E-state index in [2.05, 4.69) is 0 Å². The Balaban J connectivity index is 2.20. The topological polar surface area (TPSA) is 46.5 Å². The van der Waals surface area contributed by atoms with E-state index in [0.717, 1.165) is 11.1 Å². The number of ether oxygens (including phenoxy) is 1. The predicted octanol–water partition coefficient (Wildman–Crippen LogP) is 2.18. The van der Waals surface area contributed by atoms with Gasteiger partial charge in [0.05, 0.1) is 0 Å². The van der Waals surface area contributed by atoms with Crippen molar-refractivity contribution in [2.24, 2.45) is 0 Å². The minimum absolute atomic E-state index is 0.500. The number of rotatable bonds is 4. The molecular weight excluding hydrogens is 228 g/mol. The van der Waals surface area contributed by atoms with E-state index in [-0.39, 0.29) is 0 Å². The molecule has 18 heavy (non-hydrogen) atoms. The number of aliphatic hydroxyl groups is 1. The monoisotopic (exact) mass is 242 g/mol. The Hall–Kier alpha value is -2.13. The van der Waals surface area contributed by atoms with Gasteiger partial charge >= 0.3 is 5.97 Å². The van der Waals surface area contributed by atoms with Crippen LogP contribution in [0.3, 0.4) is 0 Å². The predicted molar refractivity (Wildman–Crippen MR) is 68.4 cm³/mol. The van der Waals surface area contributed by atoms with E-state index >= 15 is 0 Å². The van der Waals surface area contributed by atoms with Crippen LogP contribution in [0.4, 0.5) is 0 Å². The summed E-state index contributed by atoms with van der Waals surface area (Å²) in [6.07, 6.45) is 0.690. The van der Waals surface area contributed by atoms with Crippen molar-refractivity contribution < 1.29 is 14.6 Å². The van der Waals surface area contributed by atoms with Gasteiger partial charge in [0.25, 0.3) is 0 Å². The molecule has 0 radical (unpaired) electrons. The first-order valence-electron chi connectivity index (χ1n) is 5.73. The Bertz CT molecular complexity index is 520. The Morgan fingerprint density at radius 3 is 2.39 bits per heavy atom. The Labute approximate surface area is 106 Å². The Morgan fingerprint density at radius 1 is 1.00 bits per heavy atom. The number of benzene rings is 2. The summed E-state index contributed by atoms with van der Waals surface area (Å²) in [5, 5.41) is 8.70. The summed E-state index contributed by atoms with van der Waals surface area (Å²) in [6, 6.07) is 17.3. The van der Waals surface area contributed by atoms with E-state index < -0.39 is 12.6 Å². The third-order valence-electron chi connectivity index (χ3n) is 2.56. The number of aliphatic hydroxyl groups excluding tert-OH is 1. The van der Waals surface area contributed by atoms with Crippen molar-refractivity contribution in [1.82, 2.24) is 0 Å². The van der Waals surface area contributed by atoms with Crippen LogP contribution in [0, 0.1) is 0 Å². The SMILES string of the molecule is O=C(CO)Oc1ccccc1Cc1ccccc1. The van der Waals surface area contributed by atoms with E-state index in [1.807, 2.05) is 42.5 Å². The van der Waals surface area contributed by atoms with Gasteiger partial charge in [-0.15, -0.1) is 0 Å². The van der Waals surface area contributed by atoms with Crippen molar-refractivity contribution in [1.29, 1.82) is 0 Å². The van der Waals surface area contributed by atoms with Gasteiger partial charge in [-0.25, -0.2) is 4.79 Å². The number of carbonyl (C=O) groups is 1. The second-order valence-corrected chi connectivity index (χ2v) is 3.90. The molecule has 0 unspecified atom stereocenters. The van der Waals surface area contributed by atoms with Crippen molar-refractivity contribution in [3.05, 3.63) is 65.7 Å². The molecule has 0 amide bonds. The standard InChI is InChI=1S/C15H14O3/c16-11-15(17)18-14-9-5-4-8-13(14)10-12-6-2-1-3-7-12/h1-9,16H,10-11H2. The molecule has 0 fully saturated rings. The van der Waals surface area contributed by atoms with Gasteiger partial charge in [-0.2, -0.15) is 0 Å². The molecule has 0 heterocycles. The van der Waals surface area contributed by atoms with Crippen molar-refractivity contribution in [3.8, 4) is 5.75 Å². The second-order valence-electron chi connectivity index (χ2n) is 3.90. The van der Waals surface area contributed by atoms with Crippen LogP contribution in [-0.2, 0) is 11.2 Å². The third-order valence-corrected chi connectivity index (χ3v) is 2.56. The normalized spacial score (nSPS) is 10.1. The van der Waals surface area contributed by atoms with E-state index in [9.17, 15) is 4.79 Å². The van der Waals surface area contributed by atoms with Crippen molar-refractivity contribution >= 4 is 5.97 Å². The number of hydrogen-bond acceptors (Lipinski definition) is 3. The maximum absolute atomic E-state index is 11.1. The fraction of sp³-hybridized carbons (Fsp3) is 0.133. The minimum Gasteiger partial charge on any atom is -0.425 e. The van der Waals surface area contributed by atoms with Crippen molar-refractivity contribution in [2.75, 3.05) is 6.61 Å². The average Bonchev–Trinajstić information content (AvgIpc) is 2.42. The number of esters is 1. The minimum atomic E-state index is -0.643. The maximum Gasteiger partial charge on any atom is 0.337 e. The van der Waals surface area contributed by atoms with Crippen LogP contribution in [0.25, 0.3) is 0 Å². The molecule has 2 aromatic rings. The highest BCUT2D eigenvalue weighted by Crippen LogP contribution is 2.21. The van der Waals surface area contributed by atoms with Gasteiger partial charge in [0.2, 0.25) is 0 Å². The van der Waals surface area contributed by atoms with Gasteiger partial charge in [0.1, 0.15) is 12.4 Å². The van der Waals surface area contributed by atoms with E-state index in [1.54, 1.807) is 12.1 Å². The molecule has 0 atom stereocenters. The first-order chi connectivity index (χ1) is 8.79. The lowest BCUT2D eigenvalue weighted by Crippen LogP contribution is -2.13. The van der Waals surface area contributed by atoms with Crippen molar-refractivity contribution in [3.63, 3.8) is 0 Å². The number of para-hydroxylation sites is 1. The summed E-state index contributed by atoms with van der Waals surface area (Å²) in [4.78, 5) is 11.1. The lowest BCUT2D eigenvalue weighted by Gasteiger charge is -2.09. The molecule has 3 nitrogen and oxygen atoms in total. The van der Waals surface area contributed by atoms with Gasteiger partial charge in [-0.05, 0) is 17.2 Å². The highest BCUT2D eigenvalue weighted by Gasteiger charge is 2.08. The van der Waals surface area contributed by atoms with Gasteiger partial charge in [0, 0.05) is 6.42 Å². The van der Waals surface area contributed by atoms with Crippen LogP contribution < -0.4 is 4.74 Å². The number of hydrogen-bond donors (Lipinski definition) is 1. The zero-order chi connectivity index (χ0) is 12.8. The van der Waals surface area contributed by atoms with Crippen LogP contribution in [0.5, 0.6) is 5.75 Å². The van der Waals surface area contributed by atoms with E-state index in [4.69, 9.17) is 9.84 Å². The van der Waals surface area contributed by atoms with Crippen LogP contribution in [0.1, 0.15) is 11.1 Å². The summed E-state index contributed by atoms with van der Waals surface area (Å²) in [7, 11) is 0. The quantitative estimate of drug-likeness (QED) is 0.660. The molecule has 92 valence electrons. The fourth-order valence-electron chi connectivity index (χ4n) is 1.72. The highest BCUT2D eigenvalue weighted by molar-refractivity contribution is 5.73. The summed E-state index contributed by atoms with van der Waals surface area (Å²) in [5.41, 5.74) is 2.07. The van der Waals surface area contributed by atoms with Gasteiger partial charge < -0.3 is 9.84 Å². The van der Waals surface area contributed by atoms with Crippen LogP contribution >= 0.6 is 0 Å². The highest BCUT2D eigenvalue weighted by atomic mass is 16.5. The zero-order valence-corrected chi connectivity index (χ0v) is 9.87. The van der Waals surface area contributed by atoms with Crippen LogP contribution in [0.15, 0.2) is 54.6 Å². The average molecular weight is 242 g/mol.